The minimum atomic E-state index is -4.50. The van der Waals surface area contributed by atoms with E-state index in [-0.39, 0.29) is 114 Å². The number of rotatable bonds is 8. The summed E-state index contributed by atoms with van der Waals surface area (Å²) in [4.78, 5) is 20.8. The van der Waals surface area contributed by atoms with Crippen molar-refractivity contribution in [1.82, 2.24) is 0 Å². The molecular formula is C34H24N6Na2O10S2. The van der Waals surface area contributed by atoms with Gasteiger partial charge in [-0.1, -0.05) is 72.8 Å². The number of hydrogen-bond acceptors (Lipinski definition) is 14. The molecule has 16 nitrogen and oxygen atoms in total. The quantitative estimate of drug-likeness (QED) is 0.0619. The molecular weight excluding hydrogens is 763 g/mol. The van der Waals surface area contributed by atoms with Gasteiger partial charge in [0.1, 0.15) is 21.2 Å². The van der Waals surface area contributed by atoms with E-state index in [1.54, 1.807) is 36.4 Å². The zero-order valence-corrected chi connectivity index (χ0v) is 33.9. The van der Waals surface area contributed by atoms with Crippen LogP contribution in [0.25, 0.3) is 21.5 Å². The van der Waals surface area contributed by atoms with E-state index in [2.05, 4.69) is 20.5 Å². The molecule has 6 rings (SSSR count). The Kier molecular flexibility index (Phi) is 14.7. The molecule has 0 aliphatic rings. The van der Waals surface area contributed by atoms with E-state index in [0.717, 1.165) is 12.1 Å². The Labute approximate surface area is 351 Å². The maximum absolute atomic E-state index is 11.7. The second-order valence-corrected chi connectivity index (χ2v) is 13.5. The zero-order valence-electron chi connectivity index (χ0n) is 28.3. The average Bonchev–Trinajstić information content (AvgIpc) is 3.11. The summed E-state index contributed by atoms with van der Waals surface area (Å²) in [6, 6.07) is 26.0. The largest absolute Gasteiger partial charge is 1.00 e. The number of carbonyl (C=O) groups excluding carboxylic acids is 2. The molecule has 0 amide bonds. The van der Waals surface area contributed by atoms with Crippen LogP contribution < -0.4 is 80.8 Å². The Balaban J connectivity index is 0.000000280. The predicted molar refractivity (Wildman–Crippen MR) is 186 cm³/mol. The van der Waals surface area contributed by atoms with Gasteiger partial charge in [-0.3, -0.25) is 9.11 Å². The number of nitrogens with two attached hydrogens (primary N) is 2. The number of hydrogen-bond donors (Lipinski definition) is 4. The smallest absolute Gasteiger partial charge is 0.545 e. The third kappa shape index (κ3) is 10.3. The molecule has 0 aromatic heterocycles. The summed E-state index contributed by atoms with van der Waals surface area (Å²) in [5.41, 5.74) is 13.2. The van der Waals surface area contributed by atoms with Crippen LogP contribution in [0.2, 0.25) is 0 Å². The Bertz CT molecular complexity index is 2480. The Morgan fingerprint density at radius 3 is 1.07 bits per heavy atom. The summed E-state index contributed by atoms with van der Waals surface area (Å²) in [6.07, 6.45) is 0. The van der Waals surface area contributed by atoms with Gasteiger partial charge in [0, 0.05) is 21.5 Å². The summed E-state index contributed by atoms with van der Waals surface area (Å²) in [5.74, 6) is -2.63. The standard InChI is InChI=1S/2C17H13N3O5S.2Na/c2*18-16-13-4-2-1-3-12(13)15(26(23,24)25)9-14(16)20-19-11-7-5-10(6-8-11)17(21)22;;/h2*1-9H,18H2,(H,21,22)(H,23,24,25);;/q;;2*+1/p-2. The molecule has 54 heavy (non-hydrogen) atoms. The first-order valence-corrected chi connectivity index (χ1v) is 17.5. The first-order chi connectivity index (χ1) is 24.5. The molecule has 0 saturated carbocycles. The number of fused-ring (bicyclic) bond motifs is 2. The van der Waals surface area contributed by atoms with E-state index in [4.69, 9.17) is 11.5 Å². The SMILES string of the molecule is Nc1c(N=Nc2ccc(C(=O)[O-])cc2)cc(S(=O)(=O)O)c2ccccc12.Nc1c(N=Nc2ccc(C(=O)[O-])cc2)cc(S(=O)(=O)O)c2ccccc12.[Na+].[Na+]. The van der Waals surface area contributed by atoms with Crippen molar-refractivity contribution in [2.75, 3.05) is 11.5 Å². The molecule has 6 N–H and O–H groups in total. The molecule has 0 saturated heterocycles. The third-order valence-electron chi connectivity index (χ3n) is 7.36. The molecule has 6 aromatic carbocycles. The van der Waals surface area contributed by atoms with Crippen molar-refractivity contribution in [3.8, 4) is 0 Å². The molecule has 0 unspecified atom stereocenters. The summed E-state index contributed by atoms with van der Waals surface area (Å²) in [5, 5.41) is 38.5. The van der Waals surface area contributed by atoms with Gasteiger partial charge in [0.05, 0.1) is 34.7 Å². The van der Waals surface area contributed by atoms with Crippen LogP contribution in [0.3, 0.4) is 0 Å². The van der Waals surface area contributed by atoms with Crippen LogP contribution in [0.1, 0.15) is 20.7 Å². The molecule has 0 radical (unpaired) electrons. The minimum absolute atomic E-state index is 0. The fraction of sp³-hybridized carbons (Fsp3) is 0. The summed E-state index contributed by atoms with van der Waals surface area (Å²) < 4.78 is 65.6. The van der Waals surface area contributed by atoms with Crippen LogP contribution in [0, 0.1) is 0 Å². The van der Waals surface area contributed by atoms with Crippen LogP contribution >= 0.6 is 0 Å². The summed E-state index contributed by atoms with van der Waals surface area (Å²) >= 11 is 0. The molecule has 6 aromatic rings. The maximum atomic E-state index is 11.7. The van der Waals surface area contributed by atoms with Crippen LogP contribution in [-0.4, -0.2) is 37.9 Å². The van der Waals surface area contributed by atoms with Crippen LogP contribution in [0.5, 0.6) is 0 Å². The number of carboxylic acids is 2. The van der Waals surface area contributed by atoms with E-state index in [0.29, 0.717) is 22.1 Å². The Morgan fingerprint density at radius 2 is 0.796 bits per heavy atom. The fourth-order valence-corrected chi connectivity index (χ4v) is 6.28. The van der Waals surface area contributed by atoms with Crippen molar-refractivity contribution in [2.45, 2.75) is 9.79 Å². The molecule has 0 atom stereocenters. The second kappa shape index (κ2) is 18.2. The number of benzene rings is 6. The number of aromatic carboxylic acids is 2. The summed E-state index contributed by atoms with van der Waals surface area (Å²) in [7, 11) is -8.99. The average molecular weight is 787 g/mol. The normalized spacial score (nSPS) is 11.4. The van der Waals surface area contributed by atoms with E-state index in [1.165, 1.54) is 60.7 Å². The van der Waals surface area contributed by atoms with Crippen molar-refractivity contribution < 1.29 is 105 Å². The van der Waals surface area contributed by atoms with Crippen LogP contribution in [0.4, 0.5) is 34.1 Å². The van der Waals surface area contributed by atoms with Crippen molar-refractivity contribution in [3.05, 3.63) is 120 Å². The van der Waals surface area contributed by atoms with Gasteiger partial charge >= 0.3 is 59.1 Å². The van der Waals surface area contributed by atoms with Crippen molar-refractivity contribution in [1.29, 1.82) is 0 Å². The van der Waals surface area contributed by atoms with Crippen LogP contribution in [-0.2, 0) is 20.2 Å². The number of azo groups is 2. The van der Waals surface area contributed by atoms with Gasteiger partial charge in [0.15, 0.2) is 0 Å². The number of carbonyl (C=O) groups is 2. The molecule has 0 heterocycles. The molecule has 264 valence electrons. The maximum Gasteiger partial charge on any atom is 1.00 e. The topological polar surface area (TPSA) is 290 Å². The predicted octanol–water partition coefficient (Wildman–Crippen LogP) is -1.10. The molecule has 0 bridgehead atoms. The van der Waals surface area contributed by atoms with Crippen molar-refractivity contribution in [2.24, 2.45) is 20.5 Å². The molecule has 0 aliphatic heterocycles. The van der Waals surface area contributed by atoms with Crippen molar-refractivity contribution >= 4 is 87.8 Å². The molecule has 0 fully saturated rings. The van der Waals surface area contributed by atoms with Gasteiger partial charge < -0.3 is 31.3 Å². The number of nitrogens with zero attached hydrogens (tertiary/aromatic N) is 4. The first kappa shape index (κ1) is 43.8. The molecule has 0 spiro atoms. The minimum Gasteiger partial charge on any atom is -0.545 e. The number of carboxylic acid groups (broad SMARTS) is 2. The van der Waals surface area contributed by atoms with E-state index in [1.807, 2.05) is 0 Å². The van der Waals surface area contributed by atoms with Gasteiger partial charge in [-0.05, 0) is 47.5 Å². The molecule has 0 aliphatic carbocycles. The Hall–Kier alpha value is -4.60. The van der Waals surface area contributed by atoms with Gasteiger partial charge in [0.2, 0.25) is 0 Å². The van der Waals surface area contributed by atoms with Gasteiger partial charge in [-0.2, -0.15) is 27.1 Å². The fourth-order valence-electron chi connectivity index (χ4n) is 4.84. The van der Waals surface area contributed by atoms with E-state index < -0.39 is 32.2 Å². The van der Waals surface area contributed by atoms with E-state index in [9.17, 15) is 45.7 Å². The Morgan fingerprint density at radius 1 is 0.500 bits per heavy atom. The molecule has 20 heteroatoms. The number of anilines is 2. The van der Waals surface area contributed by atoms with E-state index >= 15 is 0 Å². The van der Waals surface area contributed by atoms with Gasteiger partial charge in [-0.15, -0.1) is 10.2 Å². The van der Waals surface area contributed by atoms with Crippen LogP contribution in [0.15, 0.2) is 139 Å². The third-order valence-corrected chi connectivity index (χ3v) is 9.15. The zero-order chi connectivity index (χ0) is 37.8. The monoisotopic (exact) mass is 786 g/mol. The number of nitrogen functional groups attached to an aromatic ring is 2. The van der Waals surface area contributed by atoms with Gasteiger partial charge in [0.25, 0.3) is 20.2 Å². The van der Waals surface area contributed by atoms with Crippen molar-refractivity contribution in [3.63, 3.8) is 0 Å². The van der Waals surface area contributed by atoms with Gasteiger partial charge in [-0.25, -0.2) is 0 Å². The second-order valence-electron chi connectivity index (χ2n) is 10.7. The summed E-state index contributed by atoms with van der Waals surface area (Å²) in [6.45, 7) is 0. The first-order valence-electron chi connectivity index (χ1n) is 14.6.